The van der Waals surface area contributed by atoms with Crippen LogP contribution in [0.3, 0.4) is 0 Å². The number of rotatable bonds is 4. The Labute approximate surface area is 131 Å². The van der Waals surface area contributed by atoms with E-state index in [9.17, 15) is 9.18 Å². The summed E-state index contributed by atoms with van der Waals surface area (Å²) in [4.78, 5) is 14.1. The number of carbonyl (C=O) groups is 1. The fraction of sp³-hybridized carbons (Fsp3) is 0.400. The highest BCUT2D eigenvalue weighted by molar-refractivity contribution is 7.11. The number of piperidine rings is 1. The minimum Gasteiger partial charge on any atom is -0.465 e. The van der Waals surface area contributed by atoms with E-state index in [1.54, 1.807) is 17.6 Å². The van der Waals surface area contributed by atoms with Gasteiger partial charge in [0, 0.05) is 25.9 Å². The van der Waals surface area contributed by atoms with Gasteiger partial charge in [-0.05, 0) is 17.7 Å². The molecule has 2 heterocycles. The van der Waals surface area contributed by atoms with E-state index in [1.807, 2.05) is 4.90 Å². The van der Waals surface area contributed by atoms with Gasteiger partial charge in [0.25, 0.3) is 5.19 Å². The predicted molar refractivity (Wildman–Crippen MR) is 80.2 cm³/mol. The second-order valence-corrected chi connectivity index (χ2v) is 6.00. The summed E-state index contributed by atoms with van der Waals surface area (Å²) in [6.45, 7) is 1.34. The molecule has 1 aromatic carbocycles. The zero-order valence-electron chi connectivity index (χ0n) is 11.9. The molecule has 0 aliphatic carbocycles. The lowest BCUT2D eigenvalue weighted by Gasteiger charge is -2.31. The maximum atomic E-state index is 12.9. The van der Waals surface area contributed by atoms with E-state index in [2.05, 4.69) is 10.2 Å². The van der Waals surface area contributed by atoms with Crippen LogP contribution < -0.4 is 4.74 Å². The van der Waals surface area contributed by atoms with Gasteiger partial charge in [-0.1, -0.05) is 23.5 Å². The minimum absolute atomic E-state index is 0.0703. The molecular weight excluding hydrogens is 305 g/mol. The lowest BCUT2D eigenvalue weighted by Crippen LogP contribution is -2.42. The minimum atomic E-state index is -0.286. The van der Waals surface area contributed by atoms with Crippen molar-refractivity contribution in [3.8, 4) is 5.19 Å². The smallest absolute Gasteiger partial charge is 0.294 e. The molecule has 1 fully saturated rings. The second-order valence-electron chi connectivity index (χ2n) is 5.21. The van der Waals surface area contributed by atoms with Gasteiger partial charge in [0.2, 0.25) is 5.91 Å². The average molecular weight is 321 g/mol. The molecule has 3 rings (SSSR count). The van der Waals surface area contributed by atoms with E-state index in [-0.39, 0.29) is 17.8 Å². The van der Waals surface area contributed by atoms with Crippen LogP contribution in [0.1, 0.15) is 18.4 Å². The van der Waals surface area contributed by atoms with E-state index in [0.29, 0.717) is 24.7 Å². The molecule has 0 N–H and O–H groups in total. The van der Waals surface area contributed by atoms with Crippen LogP contribution in [-0.4, -0.2) is 40.2 Å². The summed E-state index contributed by atoms with van der Waals surface area (Å²) in [6.07, 6.45) is 1.97. The monoisotopic (exact) mass is 321 g/mol. The number of nitrogens with zero attached hydrogens (tertiary/aromatic N) is 3. The SMILES string of the molecule is O=C(Cc1ccc(F)cc1)N1CCC(Oc2nncs2)CC1. The number of likely N-dealkylation sites (tertiary alicyclic amines) is 1. The van der Waals surface area contributed by atoms with Crippen molar-refractivity contribution in [3.63, 3.8) is 0 Å². The first-order valence-electron chi connectivity index (χ1n) is 7.16. The van der Waals surface area contributed by atoms with Crippen LogP contribution in [0.25, 0.3) is 0 Å². The number of carbonyl (C=O) groups excluding carboxylic acids is 1. The number of amides is 1. The maximum absolute atomic E-state index is 12.9. The zero-order valence-corrected chi connectivity index (χ0v) is 12.8. The average Bonchev–Trinajstić information content (AvgIpc) is 3.03. The molecule has 0 radical (unpaired) electrons. The van der Waals surface area contributed by atoms with Gasteiger partial charge in [-0.2, -0.15) is 0 Å². The lowest BCUT2D eigenvalue weighted by atomic mass is 10.1. The van der Waals surface area contributed by atoms with Crippen molar-refractivity contribution in [1.82, 2.24) is 15.1 Å². The molecule has 1 aromatic heterocycles. The molecule has 1 aliphatic rings. The van der Waals surface area contributed by atoms with Crippen molar-refractivity contribution >= 4 is 17.2 Å². The molecule has 0 saturated carbocycles. The number of halogens is 1. The van der Waals surface area contributed by atoms with Gasteiger partial charge >= 0.3 is 0 Å². The standard InChI is InChI=1S/C15H16FN3O2S/c16-12-3-1-11(2-4-12)9-14(20)19-7-5-13(6-8-19)21-15-18-17-10-22-15/h1-4,10,13H,5-9H2. The number of hydrogen-bond donors (Lipinski definition) is 0. The summed E-state index contributed by atoms with van der Waals surface area (Å²) >= 11 is 1.37. The molecule has 116 valence electrons. The number of ether oxygens (including phenoxy) is 1. The molecular formula is C15H16FN3O2S. The Bertz CT molecular complexity index is 610. The first-order valence-corrected chi connectivity index (χ1v) is 8.04. The van der Waals surface area contributed by atoms with E-state index in [4.69, 9.17) is 4.74 Å². The summed E-state index contributed by atoms with van der Waals surface area (Å²) in [7, 11) is 0. The van der Waals surface area contributed by atoms with Crippen molar-refractivity contribution < 1.29 is 13.9 Å². The third-order valence-corrected chi connectivity index (χ3v) is 4.25. The van der Waals surface area contributed by atoms with Crippen LogP contribution in [0.2, 0.25) is 0 Å². The third-order valence-electron chi connectivity index (χ3n) is 3.67. The Kier molecular flexibility index (Phi) is 4.62. The normalized spacial score (nSPS) is 15.8. The van der Waals surface area contributed by atoms with Gasteiger partial charge in [-0.25, -0.2) is 4.39 Å². The van der Waals surface area contributed by atoms with Gasteiger partial charge < -0.3 is 9.64 Å². The van der Waals surface area contributed by atoms with Crippen molar-refractivity contribution in [2.45, 2.75) is 25.4 Å². The first-order chi connectivity index (χ1) is 10.7. The Hall–Kier alpha value is -2.02. The summed E-state index contributed by atoms with van der Waals surface area (Å²) in [5, 5.41) is 8.18. The van der Waals surface area contributed by atoms with E-state index in [1.165, 1.54) is 23.5 Å². The van der Waals surface area contributed by atoms with Gasteiger partial charge in [-0.15, -0.1) is 10.2 Å². The highest BCUT2D eigenvalue weighted by Crippen LogP contribution is 2.20. The fourth-order valence-electron chi connectivity index (χ4n) is 2.47. The first kappa shape index (κ1) is 14.9. The molecule has 5 nitrogen and oxygen atoms in total. The van der Waals surface area contributed by atoms with Crippen LogP contribution >= 0.6 is 11.3 Å². The lowest BCUT2D eigenvalue weighted by molar-refractivity contribution is -0.132. The Morgan fingerprint density at radius 3 is 2.68 bits per heavy atom. The Morgan fingerprint density at radius 1 is 1.32 bits per heavy atom. The van der Waals surface area contributed by atoms with Gasteiger partial charge in [0.05, 0.1) is 6.42 Å². The Balaban J connectivity index is 1.48. The molecule has 7 heteroatoms. The maximum Gasteiger partial charge on any atom is 0.294 e. The number of hydrogen-bond acceptors (Lipinski definition) is 5. The largest absolute Gasteiger partial charge is 0.465 e. The van der Waals surface area contributed by atoms with E-state index in [0.717, 1.165) is 18.4 Å². The van der Waals surface area contributed by atoms with Gasteiger partial charge in [-0.3, -0.25) is 4.79 Å². The second kappa shape index (κ2) is 6.83. The molecule has 1 amide bonds. The number of aromatic nitrogens is 2. The third kappa shape index (κ3) is 3.79. The summed E-state index contributed by atoms with van der Waals surface area (Å²) in [6, 6.07) is 6.06. The van der Waals surface area contributed by atoms with Crippen LogP contribution in [0.15, 0.2) is 29.8 Å². The summed E-state index contributed by atoms with van der Waals surface area (Å²) in [5.41, 5.74) is 2.47. The molecule has 0 bridgehead atoms. The summed E-state index contributed by atoms with van der Waals surface area (Å²) < 4.78 is 18.6. The Morgan fingerprint density at radius 2 is 2.05 bits per heavy atom. The molecule has 2 aromatic rings. The molecule has 1 aliphatic heterocycles. The van der Waals surface area contributed by atoms with E-state index < -0.39 is 0 Å². The van der Waals surface area contributed by atoms with Crippen LogP contribution in [0.5, 0.6) is 5.19 Å². The molecule has 22 heavy (non-hydrogen) atoms. The molecule has 1 saturated heterocycles. The molecule has 0 atom stereocenters. The predicted octanol–water partition coefficient (Wildman–Crippen LogP) is 2.29. The van der Waals surface area contributed by atoms with Crippen LogP contribution in [-0.2, 0) is 11.2 Å². The zero-order chi connectivity index (χ0) is 15.4. The summed E-state index contributed by atoms with van der Waals surface area (Å²) in [5.74, 6) is -0.216. The molecule has 0 unspecified atom stereocenters. The van der Waals surface area contributed by atoms with Crippen molar-refractivity contribution in [2.75, 3.05) is 13.1 Å². The highest BCUT2D eigenvalue weighted by atomic mass is 32.1. The highest BCUT2D eigenvalue weighted by Gasteiger charge is 2.24. The van der Waals surface area contributed by atoms with Crippen molar-refractivity contribution in [1.29, 1.82) is 0 Å². The topological polar surface area (TPSA) is 55.3 Å². The fourth-order valence-corrected chi connectivity index (χ4v) is 2.94. The van der Waals surface area contributed by atoms with Crippen molar-refractivity contribution in [2.24, 2.45) is 0 Å². The van der Waals surface area contributed by atoms with E-state index >= 15 is 0 Å². The van der Waals surface area contributed by atoms with Crippen molar-refractivity contribution in [3.05, 3.63) is 41.2 Å². The van der Waals surface area contributed by atoms with Gasteiger partial charge in [0.1, 0.15) is 17.4 Å². The number of benzene rings is 1. The van der Waals surface area contributed by atoms with Crippen LogP contribution in [0, 0.1) is 5.82 Å². The van der Waals surface area contributed by atoms with Crippen LogP contribution in [0.4, 0.5) is 4.39 Å². The molecule has 0 spiro atoms. The quantitative estimate of drug-likeness (QED) is 0.867. The van der Waals surface area contributed by atoms with Gasteiger partial charge in [0.15, 0.2) is 0 Å².